The molecule has 0 bridgehead atoms. The Morgan fingerprint density at radius 2 is 1.82 bits per heavy atom. The zero-order valence-corrected chi connectivity index (χ0v) is 17.9. The summed E-state index contributed by atoms with van der Waals surface area (Å²) < 4.78 is 6.51. The fourth-order valence-electron chi connectivity index (χ4n) is 3.28. The van der Waals surface area contributed by atoms with Crippen LogP contribution in [0.1, 0.15) is 10.4 Å². The molecule has 1 aromatic carbocycles. The number of anilines is 1. The summed E-state index contributed by atoms with van der Waals surface area (Å²) in [6.07, 6.45) is 2.73. The van der Waals surface area contributed by atoms with Gasteiger partial charge < -0.3 is 10.1 Å². The molecule has 0 unspecified atom stereocenters. The topological polar surface area (TPSA) is 125 Å². The zero-order valence-electron chi connectivity index (χ0n) is 17.2. The predicted molar refractivity (Wildman–Crippen MR) is 121 cm³/mol. The van der Waals surface area contributed by atoms with Gasteiger partial charge in [0.15, 0.2) is 5.82 Å². The summed E-state index contributed by atoms with van der Waals surface area (Å²) in [6, 6.07) is 12.3. The number of esters is 1. The summed E-state index contributed by atoms with van der Waals surface area (Å²) in [5.74, 6) is -1.54. The molecule has 0 saturated heterocycles. The lowest BCUT2D eigenvalue weighted by molar-refractivity contribution is -0.116. The number of benzene rings is 1. The number of aromatic nitrogens is 4. The van der Waals surface area contributed by atoms with Crippen LogP contribution in [-0.2, 0) is 16.1 Å². The number of nitrogens with one attached hydrogen (secondary N) is 1. The normalized spacial score (nSPS) is 10.7. The summed E-state index contributed by atoms with van der Waals surface area (Å²) >= 11 is 5.95. The van der Waals surface area contributed by atoms with Gasteiger partial charge >= 0.3 is 11.7 Å². The van der Waals surface area contributed by atoms with E-state index in [0.717, 1.165) is 9.13 Å². The Kier molecular flexibility index (Phi) is 6.01. The molecule has 3 aromatic heterocycles. The quantitative estimate of drug-likeness (QED) is 0.447. The molecule has 1 N–H and O–H groups in total. The monoisotopic (exact) mass is 465 g/mol. The highest BCUT2D eigenvalue weighted by Gasteiger charge is 2.22. The van der Waals surface area contributed by atoms with E-state index in [0.29, 0.717) is 10.7 Å². The van der Waals surface area contributed by atoms with Gasteiger partial charge in [0.2, 0.25) is 5.91 Å². The molecule has 0 saturated carbocycles. The second kappa shape index (κ2) is 9.05. The van der Waals surface area contributed by atoms with E-state index in [1.54, 1.807) is 24.3 Å². The fraction of sp³-hybridized carbons (Fsp3) is 0.0909. The molecule has 0 spiro atoms. The number of hydrogen-bond donors (Lipinski definition) is 1. The van der Waals surface area contributed by atoms with Crippen LogP contribution in [-0.4, -0.2) is 38.1 Å². The van der Waals surface area contributed by atoms with Gasteiger partial charge in [0, 0.05) is 23.1 Å². The van der Waals surface area contributed by atoms with Gasteiger partial charge in [0.1, 0.15) is 17.8 Å². The van der Waals surface area contributed by atoms with Crippen LogP contribution >= 0.6 is 11.6 Å². The van der Waals surface area contributed by atoms with Gasteiger partial charge in [0.05, 0.1) is 12.5 Å². The van der Waals surface area contributed by atoms with Gasteiger partial charge in [-0.25, -0.2) is 24.1 Å². The third-order valence-corrected chi connectivity index (χ3v) is 4.95. The lowest BCUT2D eigenvalue weighted by Crippen LogP contribution is -2.42. The average Bonchev–Trinajstić information content (AvgIpc) is 2.81. The third kappa shape index (κ3) is 4.23. The third-order valence-electron chi connectivity index (χ3n) is 4.71. The summed E-state index contributed by atoms with van der Waals surface area (Å²) in [5.41, 5.74) is -1.27. The van der Waals surface area contributed by atoms with Crippen molar-refractivity contribution < 1.29 is 14.3 Å². The van der Waals surface area contributed by atoms with Crippen LogP contribution in [0.3, 0.4) is 0 Å². The highest BCUT2D eigenvalue weighted by molar-refractivity contribution is 6.30. The highest BCUT2D eigenvalue weighted by atomic mass is 35.5. The molecule has 3 heterocycles. The molecule has 166 valence electrons. The van der Waals surface area contributed by atoms with Crippen molar-refractivity contribution in [3.05, 3.63) is 92.3 Å². The molecule has 33 heavy (non-hydrogen) atoms. The Hall–Kier alpha value is -4.31. The molecule has 0 aliphatic rings. The van der Waals surface area contributed by atoms with Gasteiger partial charge in [-0.3, -0.25) is 14.2 Å². The number of fused-ring (bicyclic) bond motifs is 1. The standard InChI is InChI=1S/C22H16ClN5O5/c1-33-21(31)16-8-4-10-25-19(16)28-20(30)15-7-3-9-24-18(15)27(22(28)32)12-17(29)26-14-6-2-5-13(23)11-14/h2-11H,12H2,1H3,(H,26,29). The van der Waals surface area contributed by atoms with Gasteiger partial charge in [-0.05, 0) is 42.5 Å². The minimum atomic E-state index is -0.892. The van der Waals surface area contributed by atoms with Crippen LogP contribution in [0.15, 0.2) is 70.5 Å². The van der Waals surface area contributed by atoms with Gasteiger partial charge in [-0.2, -0.15) is 0 Å². The van der Waals surface area contributed by atoms with E-state index in [1.165, 1.54) is 43.8 Å². The number of halogens is 1. The number of amides is 1. The smallest absolute Gasteiger partial charge is 0.341 e. The van der Waals surface area contributed by atoms with Crippen molar-refractivity contribution >= 4 is 40.2 Å². The lowest BCUT2D eigenvalue weighted by Gasteiger charge is -2.14. The van der Waals surface area contributed by atoms with Crippen LogP contribution in [0.25, 0.3) is 16.9 Å². The summed E-state index contributed by atoms with van der Waals surface area (Å²) in [4.78, 5) is 59.7. The molecule has 10 nitrogen and oxygen atoms in total. The second-order valence-corrected chi connectivity index (χ2v) is 7.24. The molecule has 4 rings (SSSR count). The maximum Gasteiger partial charge on any atom is 0.341 e. The van der Waals surface area contributed by atoms with Crippen molar-refractivity contribution in [1.29, 1.82) is 0 Å². The number of rotatable bonds is 5. The zero-order chi connectivity index (χ0) is 23.5. The number of ether oxygens (including phenoxy) is 1. The molecule has 0 fully saturated rings. The molecule has 0 radical (unpaired) electrons. The molecule has 0 aliphatic heterocycles. The Labute approximate surface area is 191 Å². The average molecular weight is 466 g/mol. The minimum absolute atomic E-state index is 0.0144. The van der Waals surface area contributed by atoms with Crippen LogP contribution in [0.5, 0.6) is 0 Å². The van der Waals surface area contributed by atoms with Gasteiger partial charge in [0.25, 0.3) is 5.56 Å². The first-order chi connectivity index (χ1) is 15.9. The van der Waals surface area contributed by atoms with Crippen molar-refractivity contribution in [3.8, 4) is 5.82 Å². The lowest BCUT2D eigenvalue weighted by atomic mass is 10.2. The van der Waals surface area contributed by atoms with Gasteiger partial charge in [-0.1, -0.05) is 17.7 Å². The molecular weight excluding hydrogens is 450 g/mol. The van der Waals surface area contributed by atoms with Gasteiger partial charge in [-0.15, -0.1) is 0 Å². The van der Waals surface area contributed by atoms with E-state index < -0.39 is 29.7 Å². The Morgan fingerprint density at radius 1 is 1.06 bits per heavy atom. The largest absolute Gasteiger partial charge is 0.465 e. The second-order valence-electron chi connectivity index (χ2n) is 6.81. The molecule has 11 heteroatoms. The molecular formula is C22H16ClN5O5. The number of methoxy groups -OCH3 is 1. The van der Waals surface area contributed by atoms with Crippen LogP contribution in [0.4, 0.5) is 5.69 Å². The minimum Gasteiger partial charge on any atom is -0.465 e. The summed E-state index contributed by atoms with van der Waals surface area (Å²) in [5, 5.41) is 3.14. The number of carbonyl (C=O) groups excluding carboxylic acids is 2. The van der Waals surface area contributed by atoms with Crippen molar-refractivity contribution in [2.45, 2.75) is 6.54 Å². The molecule has 0 aliphatic carbocycles. The molecule has 0 atom stereocenters. The number of hydrogen-bond acceptors (Lipinski definition) is 7. The van der Waals surface area contributed by atoms with E-state index in [4.69, 9.17) is 16.3 Å². The molecule has 4 aromatic rings. The van der Waals surface area contributed by atoms with Crippen molar-refractivity contribution in [2.24, 2.45) is 0 Å². The predicted octanol–water partition coefficient (Wildman–Crippen LogP) is 2.02. The van der Waals surface area contributed by atoms with E-state index in [-0.39, 0.29) is 22.4 Å². The Bertz CT molecular complexity index is 1510. The van der Waals surface area contributed by atoms with E-state index >= 15 is 0 Å². The molecule has 1 amide bonds. The SMILES string of the molecule is COC(=O)c1cccnc1-n1c(=O)c2cccnc2n(CC(=O)Nc2cccc(Cl)c2)c1=O. The maximum atomic E-state index is 13.4. The van der Waals surface area contributed by atoms with Crippen molar-refractivity contribution in [2.75, 3.05) is 12.4 Å². The van der Waals surface area contributed by atoms with E-state index in [1.807, 2.05) is 0 Å². The van der Waals surface area contributed by atoms with Crippen molar-refractivity contribution in [1.82, 2.24) is 19.1 Å². The van der Waals surface area contributed by atoms with Crippen LogP contribution in [0.2, 0.25) is 5.02 Å². The maximum absolute atomic E-state index is 13.4. The first-order valence-electron chi connectivity index (χ1n) is 9.60. The Morgan fingerprint density at radius 3 is 2.58 bits per heavy atom. The first kappa shape index (κ1) is 21.9. The van der Waals surface area contributed by atoms with Crippen molar-refractivity contribution in [3.63, 3.8) is 0 Å². The number of pyridine rings is 2. The highest BCUT2D eigenvalue weighted by Crippen LogP contribution is 2.15. The van der Waals surface area contributed by atoms with Crippen LogP contribution in [0, 0.1) is 0 Å². The van der Waals surface area contributed by atoms with Crippen LogP contribution < -0.4 is 16.6 Å². The van der Waals surface area contributed by atoms with E-state index in [9.17, 15) is 19.2 Å². The first-order valence-corrected chi connectivity index (χ1v) is 9.98. The number of nitrogens with zero attached hydrogens (tertiary/aromatic N) is 4. The summed E-state index contributed by atoms with van der Waals surface area (Å²) in [7, 11) is 1.17. The Balaban J connectivity index is 1.88. The fourth-order valence-corrected chi connectivity index (χ4v) is 3.47. The number of carbonyl (C=O) groups is 2. The summed E-state index contributed by atoms with van der Waals surface area (Å²) in [6.45, 7) is -0.459. The van der Waals surface area contributed by atoms with E-state index in [2.05, 4.69) is 15.3 Å².